The molecule has 3 aromatic rings. The molecule has 3 rings (SSSR count). The SMILES string of the molecule is NC(=O)OCCc1cc2ccc(F)cn2c(=O)c1-c1ccccc1. The van der Waals surface area contributed by atoms with Gasteiger partial charge in [0.1, 0.15) is 5.82 Å². The first-order valence-corrected chi connectivity index (χ1v) is 7.38. The van der Waals surface area contributed by atoms with Crippen LogP contribution in [0.15, 0.2) is 59.5 Å². The third-order valence-electron chi connectivity index (χ3n) is 3.70. The summed E-state index contributed by atoms with van der Waals surface area (Å²) in [4.78, 5) is 23.6. The highest BCUT2D eigenvalue weighted by Crippen LogP contribution is 2.22. The average molecular weight is 326 g/mol. The van der Waals surface area contributed by atoms with Crippen LogP contribution >= 0.6 is 0 Å². The number of amides is 1. The molecule has 0 saturated carbocycles. The summed E-state index contributed by atoms with van der Waals surface area (Å²) in [6, 6.07) is 13.7. The first-order valence-electron chi connectivity index (χ1n) is 7.38. The molecule has 0 aliphatic heterocycles. The molecular formula is C18H15FN2O3. The van der Waals surface area contributed by atoms with Crippen molar-refractivity contribution in [3.8, 4) is 11.1 Å². The highest BCUT2D eigenvalue weighted by molar-refractivity contribution is 5.70. The lowest BCUT2D eigenvalue weighted by Crippen LogP contribution is -2.20. The molecule has 0 fully saturated rings. The van der Waals surface area contributed by atoms with E-state index in [2.05, 4.69) is 0 Å². The number of carbonyl (C=O) groups excluding carboxylic acids is 1. The van der Waals surface area contributed by atoms with E-state index >= 15 is 0 Å². The Balaban J connectivity index is 2.18. The van der Waals surface area contributed by atoms with E-state index in [1.807, 2.05) is 18.2 Å². The first-order chi connectivity index (χ1) is 11.6. The number of nitrogens with two attached hydrogens (primary N) is 1. The molecule has 0 spiro atoms. The van der Waals surface area contributed by atoms with Crippen LogP contribution in [0.2, 0.25) is 0 Å². The van der Waals surface area contributed by atoms with E-state index in [1.165, 1.54) is 16.5 Å². The van der Waals surface area contributed by atoms with Gasteiger partial charge in [0.05, 0.1) is 12.2 Å². The van der Waals surface area contributed by atoms with Gasteiger partial charge in [-0.2, -0.15) is 0 Å². The highest BCUT2D eigenvalue weighted by atomic mass is 19.1. The highest BCUT2D eigenvalue weighted by Gasteiger charge is 2.14. The molecule has 1 aromatic carbocycles. The van der Waals surface area contributed by atoms with E-state index < -0.39 is 11.9 Å². The second-order valence-corrected chi connectivity index (χ2v) is 5.28. The summed E-state index contributed by atoms with van der Waals surface area (Å²) in [5, 5.41) is 0. The van der Waals surface area contributed by atoms with E-state index in [1.54, 1.807) is 18.2 Å². The van der Waals surface area contributed by atoms with Crippen molar-refractivity contribution in [2.45, 2.75) is 6.42 Å². The number of aromatic nitrogens is 1. The van der Waals surface area contributed by atoms with Crippen LogP contribution in [0, 0.1) is 5.82 Å². The van der Waals surface area contributed by atoms with Gasteiger partial charge < -0.3 is 10.5 Å². The molecule has 0 aliphatic rings. The van der Waals surface area contributed by atoms with Crippen molar-refractivity contribution < 1.29 is 13.9 Å². The number of hydrogen-bond donors (Lipinski definition) is 1. The van der Waals surface area contributed by atoms with E-state index in [-0.39, 0.29) is 12.2 Å². The molecule has 122 valence electrons. The summed E-state index contributed by atoms with van der Waals surface area (Å²) in [5.41, 5.74) is 7.09. The summed E-state index contributed by atoms with van der Waals surface area (Å²) in [5.74, 6) is -0.492. The van der Waals surface area contributed by atoms with Crippen LogP contribution in [0.1, 0.15) is 5.56 Å². The van der Waals surface area contributed by atoms with Crippen molar-refractivity contribution in [2.75, 3.05) is 6.61 Å². The summed E-state index contributed by atoms with van der Waals surface area (Å²) < 4.78 is 19.6. The van der Waals surface area contributed by atoms with E-state index in [0.717, 1.165) is 11.8 Å². The Labute approximate surface area is 137 Å². The fourth-order valence-electron chi connectivity index (χ4n) is 2.66. The molecule has 6 heteroatoms. The zero-order valence-electron chi connectivity index (χ0n) is 12.7. The fourth-order valence-corrected chi connectivity index (χ4v) is 2.66. The van der Waals surface area contributed by atoms with E-state index in [4.69, 9.17) is 10.5 Å². The van der Waals surface area contributed by atoms with Crippen molar-refractivity contribution in [1.29, 1.82) is 0 Å². The van der Waals surface area contributed by atoms with Gasteiger partial charge in [0, 0.05) is 18.1 Å². The van der Waals surface area contributed by atoms with Crippen LogP contribution in [-0.2, 0) is 11.2 Å². The lowest BCUT2D eigenvalue weighted by atomic mass is 9.99. The number of ether oxygens (including phenoxy) is 1. The van der Waals surface area contributed by atoms with Gasteiger partial charge in [-0.25, -0.2) is 9.18 Å². The van der Waals surface area contributed by atoms with Crippen molar-refractivity contribution in [1.82, 2.24) is 4.40 Å². The third kappa shape index (κ3) is 3.12. The Morgan fingerprint density at radius 2 is 1.92 bits per heavy atom. The van der Waals surface area contributed by atoms with Crippen molar-refractivity contribution in [3.63, 3.8) is 0 Å². The lowest BCUT2D eigenvalue weighted by molar-refractivity contribution is 0.158. The molecule has 0 radical (unpaired) electrons. The number of nitrogens with zero attached hydrogens (tertiary/aromatic N) is 1. The maximum atomic E-state index is 13.5. The van der Waals surface area contributed by atoms with Crippen molar-refractivity contribution >= 4 is 11.6 Å². The van der Waals surface area contributed by atoms with Gasteiger partial charge in [0.15, 0.2) is 0 Å². The zero-order chi connectivity index (χ0) is 17.1. The summed E-state index contributed by atoms with van der Waals surface area (Å²) in [6.45, 7) is 0.0615. The quantitative estimate of drug-likeness (QED) is 0.801. The number of carbonyl (C=O) groups is 1. The maximum absolute atomic E-state index is 13.5. The largest absolute Gasteiger partial charge is 0.449 e. The normalized spacial score (nSPS) is 10.7. The van der Waals surface area contributed by atoms with Gasteiger partial charge >= 0.3 is 6.09 Å². The Bertz CT molecular complexity index is 952. The monoisotopic (exact) mass is 326 g/mol. The number of fused-ring (bicyclic) bond motifs is 1. The smallest absolute Gasteiger partial charge is 0.404 e. The molecule has 0 saturated heterocycles. The minimum atomic E-state index is -0.865. The molecule has 1 amide bonds. The predicted molar refractivity (Wildman–Crippen MR) is 88.3 cm³/mol. The summed E-state index contributed by atoms with van der Waals surface area (Å²) in [6.07, 6.45) is 0.625. The van der Waals surface area contributed by atoms with Gasteiger partial charge in [-0.05, 0) is 29.3 Å². The molecule has 0 bridgehead atoms. The van der Waals surface area contributed by atoms with E-state index in [9.17, 15) is 14.0 Å². The molecule has 0 atom stereocenters. The van der Waals surface area contributed by atoms with Gasteiger partial charge in [0.25, 0.3) is 5.56 Å². The minimum Gasteiger partial charge on any atom is -0.449 e. The molecule has 24 heavy (non-hydrogen) atoms. The van der Waals surface area contributed by atoms with Gasteiger partial charge in [-0.1, -0.05) is 30.3 Å². The van der Waals surface area contributed by atoms with Crippen molar-refractivity contribution in [3.05, 3.63) is 76.5 Å². The van der Waals surface area contributed by atoms with Crippen molar-refractivity contribution in [2.24, 2.45) is 5.73 Å². The van der Waals surface area contributed by atoms with Gasteiger partial charge in [0.2, 0.25) is 0 Å². The molecule has 2 heterocycles. The molecule has 2 N–H and O–H groups in total. The molecular weight excluding hydrogens is 311 g/mol. The number of benzene rings is 1. The second kappa shape index (κ2) is 6.54. The van der Waals surface area contributed by atoms with Crippen LogP contribution < -0.4 is 11.3 Å². The standard InChI is InChI=1S/C18H15FN2O3/c19-14-6-7-15-10-13(8-9-24-18(20)23)16(17(22)21(15)11-14)12-4-2-1-3-5-12/h1-7,10-11H,8-9H2,(H2,20,23). The number of rotatable bonds is 4. The Morgan fingerprint density at radius 3 is 2.62 bits per heavy atom. The second-order valence-electron chi connectivity index (χ2n) is 5.28. The van der Waals surface area contributed by atoms with Crippen LogP contribution in [0.3, 0.4) is 0 Å². The van der Waals surface area contributed by atoms with Crippen LogP contribution in [0.25, 0.3) is 16.6 Å². The fraction of sp³-hybridized carbons (Fsp3) is 0.111. The van der Waals surface area contributed by atoms with E-state index in [0.29, 0.717) is 23.1 Å². The predicted octanol–water partition coefficient (Wildman–Crippen LogP) is 2.74. The van der Waals surface area contributed by atoms with Crippen LogP contribution in [0.4, 0.5) is 9.18 Å². The molecule has 5 nitrogen and oxygen atoms in total. The molecule has 0 aliphatic carbocycles. The molecule has 2 aromatic heterocycles. The number of halogens is 1. The van der Waals surface area contributed by atoms with Gasteiger partial charge in [-0.15, -0.1) is 0 Å². The number of pyridine rings is 2. The first kappa shape index (κ1) is 15.7. The topological polar surface area (TPSA) is 73.8 Å². The van der Waals surface area contributed by atoms with Crippen LogP contribution in [-0.4, -0.2) is 17.1 Å². The lowest BCUT2D eigenvalue weighted by Gasteiger charge is -2.12. The molecule has 0 unspecified atom stereocenters. The minimum absolute atomic E-state index is 0.0615. The average Bonchev–Trinajstić information content (AvgIpc) is 2.56. The zero-order valence-corrected chi connectivity index (χ0v) is 12.7. The summed E-state index contributed by atoms with van der Waals surface area (Å²) >= 11 is 0. The Morgan fingerprint density at radius 1 is 1.17 bits per heavy atom. The maximum Gasteiger partial charge on any atom is 0.404 e. The number of hydrogen-bond acceptors (Lipinski definition) is 3. The third-order valence-corrected chi connectivity index (χ3v) is 3.70. The summed E-state index contributed by atoms with van der Waals surface area (Å²) in [7, 11) is 0. The number of primary amides is 1. The Kier molecular flexibility index (Phi) is 4.29. The van der Waals surface area contributed by atoms with Gasteiger partial charge in [-0.3, -0.25) is 9.20 Å². The Hall–Kier alpha value is -3.15. The van der Waals surface area contributed by atoms with Crippen LogP contribution in [0.5, 0.6) is 0 Å².